The van der Waals surface area contributed by atoms with Gasteiger partial charge in [-0.15, -0.1) is 0 Å². The third-order valence-corrected chi connectivity index (χ3v) is 4.07. The van der Waals surface area contributed by atoms with Crippen LogP contribution in [0.15, 0.2) is 16.6 Å². The second-order valence-electron chi connectivity index (χ2n) is 5.12. The van der Waals surface area contributed by atoms with Crippen molar-refractivity contribution in [3.63, 3.8) is 0 Å². The van der Waals surface area contributed by atoms with Crippen LogP contribution in [0.3, 0.4) is 0 Å². The second-order valence-corrected chi connectivity index (χ2v) is 6.04. The van der Waals surface area contributed by atoms with E-state index in [1.807, 2.05) is 19.2 Å². The van der Waals surface area contributed by atoms with Gasteiger partial charge in [0.05, 0.1) is 19.3 Å². The summed E-state index contributed by atoms with van der Waals surface area (Å²) in [5.41, 5.74) is 0.762. The normalized spacial score (nSPS) is 17.2. The van der Waals surface area contributed by atoms with E-state index >= 15 is 0 Å². The molecule has 1 aliphatic rings. The highest BCUT2D eigenvalue weighted by molar-refractivity contribution is 9.10. The number of aliphatic hydroxyl groups excluding tert-OH is 1. The molecule has 5 heteroatoms. The van der Waals surface area contributed by atoms with Crippen LogP contribution in [0.5, 0.6) is 11.5 Å². The first-order valence-corrected chi connectivity index (χ1v) is 7.81. The van der Waals surface area contributed by atoms with Gasteiger partial charge in [-0.25, -0.2) is 0 Å². The summed E-state index contributed by atoms with van der Waals surface area (Å²) >= 11 is 3.45. The van der Waals surface area contributed by atoms with E-state index in [2.05, 4.69) is 21.2 Å². The van der Waals surface area contributed by atoms with Gasteiger partial charge in [0.1, 0.15) is 0 Å². The van der Waals surface area contributed by atoms with Gasteiger partial charge in [-0.3, -0.25) is 0 Å². The quantitative estimate of drug-likeness (QED) is 0.833. The predicted octanol–water partition coefficient (Wildman–Crippen LogP) is 3.03. The summed E-state index contributed by atoms with van der Waals surface area (Å²) in [4.78, 5) is 0. The number of aliphatic hydroxyl groups is 1. The summed E-state index contributed by atoms with van der Waals surface area (Å²) in [5, 5.41) is 13.3. The van der Waals surface area contributed by atoms with Crippen LogP contribution in [0.1, 0.15) is 37.4 Å². The highest BCUT2D eigenvalue weighted by Crippen LogP contribution is 2.40. The Kier molecular flexibility index (Phi) is 5.69. The maximum Gasteiger partial charge on any atom is 0.167 e. The molecule has 1 fully saturated rings. The maximum absolute atomic E-state index is 10.3. The third kappa shape index (κ3) is 3.65. The van der Waals surface area contributed by atoms with Crippen LogP contribution in [0, 0.1) is 0 Å². The molecule has 0 heterocycles. The molecule has 1 aromatic carbocycles. The van der Waals surface area contributed by atoms with Crippen LogP contribution in [0.2, 0.25) is 0 Å². The number of ether oxygens (including phenoxy) is 2. The number of likely N-dealkylation sites (N-methyl/N-ethyl adjacent to an activating group) is 1. The molecule has 0 amide bonds. The molecule has 0 bridgehead atoms. The van der Waals surface area contributed by atoms with E-state index in [1.165, 1.54) is 12.8 Å². The van der Waals surface area contributed by atoms with Gasteiger partial charge in [-0.05, 0) is 44.9 Å². The van der Waals surface area contributed by atoms with Crippen molar-refractivity contribution < 1.29 is 14.6 Å². The van der Waals surface area contributed by atoms with Crippen LogP contribution < -0.4 is 14.8 Å². The van der Waals surface area contributed by atoms with Crippen LogP contribution in [-0.4, -0.2) is 31.9 Å². The Hall–Kier alpha value is -0.780. The zero-order chi connectivity index (χ0) is 14.5. The lowest BCUT2D eigenvalue weighted by molar-refractivity contribution is 0.156. The van der Waals surface area contributed by atoms with E-state index in [4.69, 9.17) is 9.47 Å². The molecule has 0 radical (unpaired) electrons. The smallest absolute Gasteiger partial charge is 0.167 e. The average Bonchev–Trinajstić information content (AvgIpc) is 2.93. The monoisotopic (exact) mass is 343 g/mol. The van der Waals surface area contributed by atoms with Crippen molar-refractivity contribution in [2.24, 2.45) is 0 Å². The molecule has 20 heavy (non-hydrogen) atoms. The molecule has 1 aromatic rings. The molecule has 1 saturated carbocycles. The van der Waals surface area contributed by atoms with E-state index in [-0.39, 0.29) is 6.10 Å². The molecule has 2 rings (SSSR count). The van der Waals surface area contributed by atoms with E-state index in [0.717, 1.165) is 22.9 Å². The van der Waals surface area contributed by atoms with Crippen molar-refractivity contribution in [1.82, 2.24) is 5.32 Å². The van der Waals surface area contributed by atoms with Crippen LogP contribution >= 0.6 is 15.9 Å². The van der Waals surface area contributed by atoms with E-state index in [9.17, 15) is 5.11 Å². The van der Waals surface area contributed by atoms with Crippen molar-refractivity contribution >= 4 is 15.9 Å². The molecule has 4 nitrogen and oxygen atoms in total. The fraction of sp³-hybridized carbons (Fsp3) is 0.600. The second kappa shape index (κ2) is 7.29. The number of halogens is 1. The Labute approximate surface area is 128 Å². The molecule has 0 spiro atoms. The summed E-state index contributed by atoms with van der Waals surface area (Å²) in [7, 11) is 3.44. The average molecular weight is 344 g/mol. The molecule has 1 atom stereocenters. The van der Waals surface area contributed by atoms with Gasteiger partial charge in [-0.1, -0.05) is 15.9 Å². The number of benzene rings is 1. The van der Waals surface area contributed by atoms with E-state index in [1.54, 1.807) is 7.11 Å². The highest BCUT2D eigenvalue weighted by Gasteiger charge is 2.23. The standard InChI is InChI=1S/C15H22BrNO3/c1-17-9-13(18)12-7-10(16)8-14(19-2)15(12)20-11-5-3-4-6-11/h7-8,11,13,17-18H,3-6,9H2,1-2H3. The molecule has 112 valence electrons. The first-order valence-electron chi connectivity index (χ1n) is 7.02. The lowest BCUT2D eigenvalue weighted by Crippen LogP contribution is -2.19. The van der Waals surface area contributed by atoms with Gasteiger partial charge >= 0.3 is 0 Å². The molecule has 2 N–H and O–H groups in total. The number of methoxy groups -OCH3 is 1. The maximum atomic E-state index is 10.3. The topological polar surface area (TPSA) is 50.7 Å². The Balaban J connectivity index is 2.33. The first-order chi connectivity index (χ1) is 9.65. The minimum absolute atomic E-state index is 0.227. The zero-order valence-electron chi connectivity index (χ0n) is 12.0. The number of nitrogens with one attached hydrogen (secondary N) is 1. The molecular weight excluding hydrogens is 322 g/mol. The van der Waals surface area contributed by atoms with Crippen molar-refractivity contribution in [1.29, 1.82) is 0 Å². The summed E-state index contributed by atoms with van der Waals surface area (Å²) in [5.74, 6) is 1.33. The fourth-order valence-corrected chi connectivity index (χ4v) is 3.04. The van der Waals surface area contributed by atoms with Crippen molar-refractivity contribution in [3.05, 3.63) is 22.2 Å². The Morgan fingerprint density at radius 1 is 1.40 bits per heavy atom. The van der Waals surface area contributed by atoms with Gasteiger partial charge < -0.3 is 19.9 Å². The van der Waals surface area contributed by atoms with Crippen molar-refractivity contribution in [3.8, 4) is 11.5 Å². The van der Waals surface area contributed by atoms with Gasteiger partial charge in [0.25, 0.3) is 0 Å². The summed E-state index contributed by atoms with van der Waals surface area (Å²) in [6, 6.07) is 3.77. The Bertz CT molecular complexity index is 447. The summed E-state index contributed by atoms with van der Waals surface area (Å²) < 4.78 is 12.4. The fourth-order valence-electron chi connectivity index (χ4n) is 2.59. The minimum atomic E-state index is -0.622. The molecule has 1 aliphatic carbocycles. The predicted molar refractivity (Wildman–Crippen MR) is 82.5 cm³/mol. The lowest BCUT2D eigenvalue weighted by Gasteiger charge is -2.22. The van der Waals surface area contributed by atoms with Crippen LogP contribution in [0.4, 0.5) is 0 Å². The van der Waals surface area contributed by atoms with Crippen LogP contribution in [0.25, 0.3) is 0 Å². The molecule has 1 unspecified atom stereocenters. The number of hydrogen-bond donors (Lipinski definition) is 2. The third-order valence-electron chi connectivity index (χ3n) is 3.61. The SMILES string of the molecule is CNCC(O)c1cc(Br)cc(OC)c1OC1CCCC1. The van der Waals surface area contributed by atoms with E-state index in [0.29, 0.717) is 18.0 Å². The molecular formula is C15H22BrNO3. The van der Waals surface area contributed by atoms with Crippen LogP contribution in [-0.2, 0) is 0 Å². The van der Waals surface area contributed by atoms with Crippen molar-refractivity contribution in [2.75, 3.05) is 20.7 Å². The van der Waals surface area contributed by atoms with E-state index < -0.39 is 6.10 Å². The van der Waals surface area contributed by atoms with Gasteiger partial charge in [0.2, 0.25) is 0 Å². The largest absolute Gasteiger partial charge is 0.493 e. The number of hydrogen-bond acceptors (Lipinski definition) is 4. The molecule has 0 aliphatic heterocycles. The molecule has 0 saturated heterocycles. The molecule has 0 aromatic heterocycles. The Morgan fingerprint density at radius 2 is 2.10 bits per heavy atom. The zero-order valence-corrected chi connectivity index (χ0v) is 13.6. The first kappa shape index (κ1) is 15.6. The van der Waals surface area contributed by atoms with Gasteiger partial charge in [0, 0.05) is 16.6 Å². The number of rotatable bonds is 6. The lowest BCUT2D eigenvalue weighted by atomic mass is 10.1. The van der Waals surface area contributed by atoms with Gasteiger partial charge in [-0.2, -0.15) is 0 Å². The summed E-state index contributed by atoms with van der Waals surface area (Å²) in [6.45, 7) is 0.473. The van der Waals surface area contributed by atoms with Crippen molar-refractivity contribution in [2.45, 2.75) is 37.9 Å². The summed E-state index contributed by atoms with van der Waals surface area (Å²) in [6.07, 6.45) is 4.16. The minimum Gasteiger partial charge on any atom is -0.493 e. The Morgan fingerprint density at radius 3 is 2.70 bits per heavy atom. The highest BCUT2D eigenvalue weighted by atomic mass is 79.9. The van der Waals surface area contributed by atoms with Gasteiger partial charge in [0.15, 0.2) is 11.5 Å².